The fourth-order valence-electron chi connectivity index (χ4n) is 3.92. The molecule has 11 heteroatoms. The summed E-state index contributed by atoms with van der Waals surface area (Å²) in [6.45, 7) is 1.38. The highest BCUT2D eigenvalue weighted by atomic mass is 35.5. The predicted octanol–water partition coefficient (Wildman–Crippen LogP) is 3.77. The Hall–Kier alpha value is -3.43. The maximum Gasteiger partial charge on any atom is 0.326 e. The number of benzene rings is 2. The van der Waals surface area contributed by atoms with Gasteiger partial charge in [0.1, 0.15) is 17.4 Å². The van der Waals surface area contributed by atoms with E-state index in [4.69, 9.17) is 23.2 Å². The molecule has 1 aliphatic rings. The second-order valence-electron chi connectivity index (χ2n) is 9.00. The van der Waals surface area contributed by atoms with Gasteiger partial charge >= 0.3 is 5.97 Å². The fourth-order valence-corrected chi connectivity index (χ4v) is 4.49. The van der Waals surface area contributed by atoms with Gasteiger partial charge in [-0.15, -0.1) is 0 Å². The lowest BCUT2D eigenvalue weighted by atomic mass is 9.75. The molecule has 0 bridgehead atoms. The van der Waals surface area contributed by atoms with E-state index in [-0.39, 0.29) is 40.7 Å². The van der Waals surface area contributed by atoms with E-state index >= 15 is 0 Å². The Balaban J connectivity index is 1.62. The molecule has 3 rings (SSSR count). The molecule has 0 spiro atoms. The number of carbonyl (C=O) groups excluding carboxylic acids is 4. The van der Waals surface area contributed by atoms with Crippen molar-refractivity contribution in [3.05, 3.63) is 63.6 Å². The van der Waals surface area contributed by atoms with Crippen molar-refractivity contribution >= 4 is 58.4 Å². The first-order chi connectivity index (χ1) is 17.5. The van der Waals surface area contributed by atoms with Crippen LogP contribution < -0.4 is 16.0 Å². The zero-order valence-electron chi connectivity index (χ0n) is 20.1. The molecule has 2 aromatic rings. The van der Waals surface area contributed by atoms with Crippen molar-refractivity contribution in [2.45, 2.75) is 57.0 Å². The number of aliphatic carboxylic acids is 1. The number of Topliss-reactive ketones (excluding diaryl/α,β-unsaturated/α-hetero) is 1. The average molecular weight is 548 g/mol. The largest absolute Gasteiger partial charge is 0.480 e. The quantitative estimate of drug-likeness (QED) is 0.337. The Bertz CT molecular complexity index is 1190. The minimum absolute atomic E-state index is 0.0139. The van der Waals surface area contributed by atoms with Gasteiger partial charge < -0.3 is 25.9 Å². The Morgan fingerprint density at radius 1 is 0.973 bits per heavy atom. The third-order valence-electron chi connectivity index (χ3n) is 6.17. The maximum absolute atomic E-state index is 13.0. The van der Waals surface area contributed by atoms with Crippen molar-refractivity contribution in [2.24, 2.45) is 0 Å². The first kappa shape index (κ1) is 28.1. The average Bonchev–Trinajstić information content (AvgIpc) is 2.80. The van der Waals surface area contributed by atoms with Crippen LogP contribution in [0, 0.1) is 0 Å². The molecule has 2 aromatic carbocycles. The summed E-state index contributed by atoms with van der Waals surface area (Å²) in [5, 5.41) is 18.0. The number of hydrogen-bond acceptors (Lipinski definition) is 5. The van der Waals surface area contributed by atoms with Gasteiger partial charge in [-0.25, -0.2) is 4.79 Å². The number of anilines is 1. The van der Waals surface area contributed by atoms with Crippen LogP contribution in [0.4, 0.5) is 5.69 Å². The van der Waals surface area contributed by atoms with Gasteiger partial charge in [0.25, 0.3) is 5.91 Å². The van der Waals surface area contributed by atoms with Crippen LogP contribution in [0.15, 0.2) is 42.5 Å². The van der Waals surface area contributed by atoms with Crippen molar-refractivity contribution in [1.29, 1.82) is 0 Å². The number of amides is 3. The van der Waals surface area contributed by atoms with E-state index in [0.717, 1.165) is 0 Å². The van der Waals surface area contributed by atoms with E-state index < -0.39 is 35.3 Å². The van der Waals surface area contributed by atoms with E-state index in [9.17, 15) is 29.1 Å². The Kier molecular flexibility index (Phi) is 9.29. The summed E-state index contributed by atoms with van der Waals surface area (Å²) in [6.07, 6.45) is 1.52. The number of carbonyl (C=O) groups is 5. The summed E-state index contributed by atoms with van der Waals surface area (Å²) in [4.78, 5) is 60.7. The highest BCUT2D eigenvalue weighted by molar-refractivity contribution is 6.40. The molecule has 9 nitrogen and oxygen atoms in total. The Labute approximate surface area is 223 Å². The normalized spacial score (nSPS) is 14.6. The molecule has 0 radical (unpaired) electrons. The van der Waals surface area contributed by atoms with Gasteiger partial charge in [-0.2, -0.15) is 0 Å². The highest BCUT2D eigenvalue weighted by Gasteiger charge is 2.46. The van der Waals surface area contributed by atoms with Gasteiger partial charge in [-0.3, -0.25) is 14.4 Å². The molecule has 37 heavy (non-hydrogen) atoms. The van der Waals surface area contributed by atoms with Gasteiger partial charge in [0.05, 0.1) is 15.6 Å². The van der Waals surface area contributed by atoms with Crippen molar-refractivity contribution < 1.29 is 29.1 Å². The second-order valence-corrected chi connectivity index (χ2v) is 9.82. The SMILES string of the molecule is CC(=O)CCC(=O)NC1(C(=O)N[C@@H](Cc2ccc(NC(=O)c3c(Cl)cccc3Cl)cc2)C(=O)O)CCC1. The first-order valence-corrected chi connectivity index (χ1v) is 12.4. The lowest BCUT2D eigenvalue weighted by molar-refractivity contribution is -0.145. The molecule has 0 saturated heterocycles. The molecule has 1 saturated carbocycles. The summed E-state index contributed by atoms with van der Waals surface area (Å²) in [6, 6.07) is 9.96. The van der Waals surface area contributed by atoms with Crippen molar-refractivity contribution in [1.82, 2.24) is 10.6 Å². The monoisotopic (exact) mass is 547 g/mol. The van der Waals surface area contributed by atoms with Crippen LogP contribution in [-0.4, -0.2) is 46.2 Å². The van der Waals surface area contributed by atoms with Crippen molar-refractivity contribution in [2.75, 3.05) is 5.32 Å². The molecule has 3 amide bonds. The summed E-state index contributed by atoms with van der Waals surface area (Å²) in [5.74, 6) is -2.84. The van der Waals surface area contributed by atoms with Gasteiger partial charge in [-0.1, -0.05) is 41.4 Å². The van der Waals surface area contributed by atoms with Gasteiger partial charge in [0.2, 0.25) is 11.8 Å². The fraction of sp³-hybridized carbons (Fsp3) is 0.346. The molecular weight excluding hydrogens is 521 g/mol. The van der Waals surface area contributed by atoms with E-state index in [0.29, 0.717) is 30.5 Å². The molecular formula is C26H27Cl2N3O6. The van der Waals surface area contributed by atoms with Gasteiger partial charge in [-0.05, 0) is 56.0 Å². The summed E-state index contributed by atoms with van der Waals surface area (Å²) in [7, 11) is 0. The van der Waals surface area contributed by atoms with Crippen LogP contribution in [0.3, 0.4) is 0 Å². The molecule has 1 atom stereocenters. The minimum atomic E-state index is -1.23. The van der Waals surface area contributed by atoms with E-state index in [1.54, 1.807) is 42.5 Å². The summed E-state index contributed by atoms with van der Waals surface area (Å²) < 4.78 is 0. The van der Waals surface area contributed by atoms with E-state index in [1.165, 1.54) is 6.92 Å². The number of halogens is 2. The van der Waals surface area contributed by atoms with Crippen LogP contribution in [0.25, 0.3) is 0 Å². The highest BCUT2D eigenvalue weighted by Crippen LogP contribution is 2.32. The molecule has 0 aromatic heterocycles. The summed E-state index contributed by atoms with van der Waals surface area (Å²) in [5.41, 5.74) is 0.0224. The maximum atomic E-state index is 13.0. The second kappa shape index (κ2) is 12.2. The molecule has 196 valence electrons. The molecule has 4 N–H and O–H groups in total. The molecule has 1 fully saturated rings. The van der Waals surface area contributed by atoms with Crippen LogP contribution >= 0.6 is 23.2 Å². The van der Waals surface area contributed by atoms with E-state index in [1.807, 2.05) is 0 Å². The molecule has 0 unspecified atom stereocenters. The number of nitrogens with one attached hydrogen (secondary N) is 3. The third kappa shape index (κ3) is 7.30. The zero-order chi connectivity index (χ0) is 27.2. The molecule has 1 aliphatic carbocycles. The third-order valence-corrected chi connectivity index (χ3v) is 6.80. The van der Waals surface area contributed by atoms with Gasteiger partial charge in [0.15, 0.2) is 0 Å². The Morgan fingerprint density at radius 2 is 1.59 bits per heavy atom. The number of ketones is 1. The predicted molar refractivity (Wildman–Crippen MR) is 139 cm³/mol. The van der Waals surface area contributed by atoms with Crippen LogP contribution in [0.5, 0.6) is 0 Å². The number of carboxylic acid groups (broad SMARTS) is 1. The Morgan fingerprint density at radius 3 is 2.11 bits per heavy atom. The van der Waals surface area contributed by atoms with E-state index in [2.05, 4.69) is 16.0 Å². The minimum Gasteiger partial charge on any atom is -0.480 e. The lowest BCUT2D eigenvalue weighted by Gasteiger charge is -2.41. The van der Waals surface area contributed by atoms with Crippen LogP contribution in [-0.2, 0) is 25.6 Å². The standard InChI is InChI=1S/C26H27Cl2N3O6/c1-15(32)6-11-21(33)31-26(12-3-13-26)25(37)30-20(24(35)36)14-16-7-9-17(10-8-16)29-23(34)22-18(27)4-2-5-19(22)28/h2,4-5,7-10,20H,3,6,11-14H2,1H3,(H,29,34)(H,30,37)(H,31,33)(H,35,36)/t20-/m0/s1. The van der Waals surface area contributed by atoms with Crippen LogP contribution in [0.2, 0.25) is 10.0 Å². The topological polar surface area (TPSA) is 142 Å². The number of rotatable bonds is 11. The van der Waals surface area contributed by atoms with Crippen molar-refractivity contribution in [3.63, 3.8) is 0 Å². The van der Waals surface area contributed by atoms with Crippen molar-refractivity contribution in [3.8, 4) is 0 Å². The van der Waals surface area contributed by atoms with Crippen LogP contribution in [0.1, 0.15) is 54.9 Å². The number of carboxylic acids is 1. The molecule has 0 heterocycles. The lowest BCUT2D eigenvalue weighted by Crippen LogP contribution is -2.64. The van der Waals surface area contributed by atoms with Gasteiger partial charge in [0, 0.05) is 24.9 Å². The zero-order valence-corrected chi connectivity index (χ0v) is 21.6. The number of hydrogen-bond donors (Lipinski definition) is 4. The smallest absolute Gasteiger partial charge is 0.326 e. The molecule has 0 aliphatic heterocycles. The first-order valence-electron chi connectivity index (χ1n) is 11.7. The summed E-state index contributed by atoms with van der Waals surface area (Å²) >= 11 is 12.1.